The second-order valence-electron chi connectivity index (χ2n) is 6.91. The summed E-state index contributed by atoms with van der Waals surface area (Å²) >= 11 is 0. The molecular weight excluding hydrogens is 340 g/mol. The number of hydrogen-bond acceptors (Lipinski definition) is 3. The lowest BCUT2D eigenvalue weighted by atomic mass is 9.83. The Kier molecular flexibility index (Phi) is 3.44. The van der Waals surface area contributed by atoms with Gasteiger partial charge < -0.3 is 14.2 Å². The lowest BCUT2D eigenvalue weighted by Gasteiger charge is -2.47. The Morgan fingerprint density at radius 3 is 2.48 bits per heavy atom. The maximum Gasteiger partial charge on any atom is 0.291 e. The van der Waals surface area contributed by atoms with Gasteiger partial charge in [0.05, 0.1) is 6.26 Å². The molecule has 27 heavy (non-hydrogen) atoms. The van der Waals surface area contributed by atoms with Crippen molar-refractivity contribution in [2.45, 2.75) is 12.1 Å². The third-order valence-corrected chi connectivity index (χ3v) is 5.58. The molecule has 1 saturated heterocycles. The van der Waals surface area contributed by atoms with Gasteiger partial charge in [-0.2, -0.15) is 0 Å². The summed E-state index contributed by atoms with van der Waals surface area (Å²) in [5.74, 6) is 0.0624. The maximum absolute atomic E-state index is 13.3. The molecule has 3 aromatic rings. The van der Waals surface area contributed by atoms with Crippen molar-refractivity contribution in [2.24, 2.45) is 0 Å². The van der Waals surface area contributed by atoms with Crippen LogP contribution in [0.15, 0.2) is 77.4 Å². The first kappa shape index (κ1) is 15.9. The van der Waals surface area contributed by atoms with Crippen LogP contribution in [-0.4, -0.2) is 34.7 Å². The average molecular weight is 358 g/mol. The maximum atomic E-state index is 13.3. The van der Waals surface area contributed by atoms with Crippen LogP contribution in [-0.2, 0) is 12.1 Å². The van der Waals surface area contributed by atoms with E-state index in [1.54, 1.807) is 17.0 Å². The summed E-state index contributed by atoms with van der Waals surface area (Å²) in [6.07, 6.45) is 2.06. The molecule has 2 amide bonds. The highest BCUT2D eigenvalue weighted by molar-refractivity contribution is 5.99. The summed E-state index contributed by atoms with van der Waals surface area (Å²) in [5, 5.41) is 0. The smallest absolute Gasteiger partial charge is 0.291 e. The van der Waals surface area contributed by atoms with Gasteiger partial charge in [-0.25, -0.2) is 0 Å². The van der Waals surface area contributed by atoms with Crippen LogP contribution < -0.4 is 0 Å². The topological polar surface area (TPSA) is 53.8 Å². The normalized spacial score (nSPS) is 21.1. The molecule has 5 heteroatoms. The van der Waals surface area contributed by atoms with Gasteiger partial charge in [0, 0.05) is 25.1 Å². The Balaban J connectivity index is 1.71. The van der Waals surface area contributed by atoms with Crippen molar-refractivity contribution in [1.82, 2.24) is 9.80 Å². The van der Waals surface area contributed by atoms with Crippen molar-refractivity contribution < 1.29 is 14.0 Å². The van der Waals surface area contributed by atoms with E-state index >= 15 is 0 Å². The summed E-state index contributed by atoms with van der Waals surface area (Å²) in [5.41, 5.74) is 1.78. The van der Waals surface area contributed by atoms with E-state index in [0.29, 0.717) is 25.3 Å². The fraction of sp³-hybridized carbons (Fsp3) is 0.182. The molecule has 0 spiro atoms. The number of carbonyl (C=O) groups is 2. The van der Waals surface area contributed by atoms with Gasteiger partial charge >= 0.3 is 0 Å². The van der Waals surface area contributed by atoms with Crippen molar-refractivity contribution in [1.29, 1.82) is 0 Å². The second kappa shape index (κ2) is 5.84. The molecule has 0 aliphatic carbocycles. The second-order valence-corrected chi connectivity index (χ2v) is 6.91. The Labute approximate surface area is 156 Å². The number of carbonyl (C=O) groups excluding carboxylic acids is 2. The highest BCUT2D eigenvalue weighted by atomic mass is 16.3. The lowest BCUT2D eigenvalue weighted by molar-refractivity contribution is 0.00620. The summed E-state index contributed by atoms with van der Waals surface area (Å²) in [7, 11) is 0. The van der Waals surface area contributed by atoms with Gasteiger partial charge in [-0.15, -0.1) is 0 Å². The summed E-state index contributed by atoms with van der Waals surface area (Å²) in [6, 6.07) is 20.8. The van der Waals surface area contributed by atoms with Crippen LogP contribution in [0.5, 0.6) is 0 Å². The van der Waals surface area contributed by atoms with E-state index < -0.39 is 5.66 Å². The molecule has 2 aliphatic heterocycles. The highest BCUT2D eigenvalue weighted by Crippen LogP contribution is 2.45. The Bertz CT molecular complexity index is 1010. The first-order valence-electron chi connectivity index (χ1n) is 9.03. The van der Waals surface area contributed by atoms with Crippen LogP contribution in [0, 0.1) is 0 Å². The molecule has 0 radical (unpaired) electrons. The fourth-order valence-corrected chi connectivity index (χ4v) is 4.39. The number of benzene rings is 2. The van der Waals surface area contributed by atoms with E-state index in [4.69, 9.17) is 4.42 Å². The first-order chi connectivity index (χ1) is 13.2. The average Bonchev–Trinajstić information content (AvgIpc) is 3.37. The van der Waals surface area contributed by atoms with Crippen LogP contribution in [0.25, 0.3) is 0 Å². The number of fused-ring (bicyclic) bond motifs is 2. The molecule has 0 N–H and O–H groups in total. The van der Waals surface area contributed by atoms with Crippen LogP contribution in [0.1, 0.15) is 32.0 Å². The van der Waals surface area contributed by atoms with E-state index in [1.165, 1.54) is 6.26 Å². The van der Waals surface area contributed by atoms with E-state index in [9.17, 15) is 9.59 Å². The molecule has 1 fully saturated rings. The Morgan fingerprint density at radius 2 is 1.70 bits per heavy atom. The van der Waals surface area contributed by atoms with E-state index in [-0.39, 0.29) is 11.8 Å². The van der Waals surface area contributed by atoms with Crippen LogP contribution >= 0.6 is 0 Å². The van der Waals surface area contributed by atoms with Crippen LogP contribution in [0.2, 0.25) is 0 Å². The first-order valence-corrected chi connectivity index (χ1v) is 9.03. The van der Waals surface area contributed by atoms with Crippen molar-refractivity contribution >= 4 is 11.8 Å². The molecule has 3 heterocycles. The van der Waals surface area contributed by atoms with Crippen molar-refractivity contribution in [3.8, 4) is 0 Å². The van der Waals surface area contributed by atoms with Crippen molar-refractivity contribution in [3.05, 3.63) is 95.4 Å². The van der Waals surface area contributed by atoms with E-state index in [1.807, 2.05) is 59.5 Å². The minimum atomic E-state index is -0.837. The molecule has 5 rings (SSSR count). The number of rotatable bonds is 2. The predicted octanol–water partition coefficient (Wildman–Crippen LogP) is 3.29. The largest absolute Gasteiger partial charge is 0.459 e. The predicted molar refractivity (Wildman–Crippen MR) is 99.0 cm³/mol. The third kappa shape index (κ3) is 2.18. The number of nitrogens with zero attached hydrogens (tertiary/aromatic N) is 2. The minimum Gasteiger partial charge on any atom is -0.459 e. The van der Waals surface area contributed by atoms with Gasteiger partial charge in [-0.05, 0) is 29.3 Å². The van der Waals surface area contributed by atoms with Crippen LogP contribution in [0.4, 0.5) is 0 Å². The molecule has 0 bridgehead atoms. The minimum absolute atomic E-state index is 0.0320. The van der Waals surface area contributed by atoms with Gasteiger partial charge in [0.2, 0.25) is 0 Å². The zero-order valence-corrected chi connectivity index (χ0v) is 14.7. The number of hydrogen-bond donors (Lipinski definition) is 0. The Morgan fingerprint density at radius 1 is 0.926 bits per heavy atom. The third-order valence-electron chi connectivity index (χ3n) is 5.58. The number of furan rings is 1. The van der Waals surface area contributed by atoms with Crippen molar-refractivity contribution in [3.63, 3.8) is 0 Å². The SMILES string of the molecule is O=C(c1ccco1)N1CCN2C(=O)c3ccccc3CC12c1ccccc1. The molecule has 134 valence electrons. The monoisotopic (exact) mass is 358 g/mol. The molecule has 0 saturated carbocycles. The molecule has 5 nitrogen and oxygen atoms in total. The lowest BCUT2D eigenvalue weighted by Crippen LogP contribution is -2.58. The Hall–Kier alpha value is -3.34. The molecular formula is C22H18N2O3. The molecule has 1 aromatic heterocycles. The van der Waals surface area contributed by atoms with Gasteiger partial charge in [-0.3, -0.25) is 9.59 Å². The van der Waals surface area contributed by atoms with E-state index in [2.05, 4.69) is 0 Å². The van der Waals surface area contributed by atoms with Crippen LogP contribution in [0.3, 0.4) is 0 Å². The zero-order valence-electron chi connectivity index (χ0n) is 14.7. The van der Waals surface area contributed by atoms with Gasteiger partial charge in [0.15, 0.2) is 5.76 Å². The van der Waals surface area contributed by atoms with Crippen molar-refractivity contribution in [2.75, 3.05) is 13.1 Å². The summed E-state index contributed by atoms with van der Waals surface area (Å²) in [4.78, 5) is 30.2. The molecule has 1 atom stereocenters. The number of amides is 2. The molecule has 2 aliphatic rings. The highest BCUT2D eigenvalue weighted by Gasteiger charge is 2.55. The quantitative estimate of drug-likeness (QED) is 0.706. The van der Waals surface area contributed by atoms with Gasteiger partial charge in [0.1, 0.15) is 5.66 Å². The summed E-state index contributed by atoms with van der Waals surface area (Å²) in [6.45, 7) is 0.961. The molecule has 2 aromatic carbocycles. The summed E-state index contributed by atoms with van der Waals surface area (Å²) < 4.78 is 5.37. The van der Waals surface area contributed by atoms with E-state index in [0.717, 1.165) is 16.7 Å². The standard InChI is InChI=1S/C22H18N2O3/c25-20-18-10-5-4-7-16(18)15-22(17-8-2-1-3-9-17)23(20)12-13-24(22)21(26)19-11-6-14-27-19/h1-11,14H,12-13,15H2. The zero-order chi connectivity index (χ0) is 18.4. The van der Waals surface area contributed by atoms with Gasteiger partial charge in [0.25, 0.3) is 11.8 Å². The van der Waals surface area contributed by atoms with Gasteiger partial charge in [-0.1, -0.05) is 48.5 Å². The fourth-order valence-electron chi connectivity index (χ4n) is 4.39. The molecule has 1 unspecified atom stereocenters.